The van der Waals surface area contributed by atoms with Gasteiger partial charge in [-0.3, -0.25) is 10.1 Å². The van der Waals surface area contributed by atoms with E-state index >= 15 is 0 Å². The van der Waals surface area contributed by atoms with Crippen molar-refractivity contribution >= 4 is 15.7 Å². The Labute approximate surface area is 104 Å². The minimum absolute atomic E-state index is 0.291. The summed E-state index contributed by atoms with van der Waals surface area (Å²) in [5, 5.41) is 19.8. The summed E-state index contributed by atoms with van der Waals surface area (Å²) in [6.07, 6.45) is 1.38. The maximum absolute atomic E-state index is 11.8. The van der Waals surface area contributed by atoms with Crippen LogP contribution in [-0.4, -0.2) is 24.5 Å². The summed E-state index contributed by atoms with van der Waals surface area (Å²) >= 11 is 0. The van der Waals surface area contributed by atoms with Crippen LogP contribution in [0.15, 0.2) is 35.7 Å². The van der Waals surface area contributed by atoms with Crippen LogP contribution in [0.4, 0.5) is 5.69 Å². The van der Waals surface area contributed by atoms with Crippen LogP contribution in [-0.2, 0) is 10.0 Å². The highest BCUT2D eigenvalue weighted by atomic mass is 32.2. The van der Waals surface area contributed by atoms with Crippen molar-refractivity contribution in [3.05, 3.63) is 41.0 Å². The summed E-state index contributed by atoms with van der Waals surface area (Å²) in [6.45, 7) is 4.99. The minimum atomic E-state index is -3.88. The predicted octanol–water partition coefficient (Wildman–Crippen LogP) is 1.15. The Morgan fingerprint density at radius 1 is 1.56 bits per heavy atom. The Balaban J connectivity index is 3.22. The van der Waals surface area contributed by atoms with E-state index in [0.29, 0.717) is 0 Å². The van der Waals surface area contributed by atoms with Gasteiger partial charge in [0.05, 0.1) is 9.82 Å². The van der Waals surface area contributed by atoms with Gasteiger partial charge in [0.2, 0.25) is 10.0 Å². The first-order valence-electron chi connectivity index (χ1n) is 4.90. The van der Waals surface area contributed by atoms with E-state index in [2.05, 4.69) is 11.3 Å². The first kappa shape index (κ1) is 14.1. The third-order valence-electron chi connectivity index (χ3n) is 2.15. The summed E-state index contributed by atoms with van der Waals surface area (Å²) in [7, 11) is -3.88. The highest BCUT2D eigenvalue weighted by Crippen LogP contribution is 2.28. The Morgan fingerprint density at radius 3 is 2.67 bits per heavy atom. The molecule has 1 unspecified atom stereocenters. The van der Waals surface area contributed by atoms with Gasteiger partial charge in [0.15, 0.2) is 5.75 Å². The van der Waals surface area contributed by atoms with Crippen LogP contribution in [0.1, 0.15) is 6.92 Å². The Kier molecular flexibility index (Phi) is 4.04. The van der Waals surface area contributed by atoms with Crippen molar-refractivity contribution < 1.29 is 18.4 Å². The zero-order valence-electron chi connectivity index (χ0n) is 9.53. The molecule has 0 aliphatic heterocycles. The van der Waals surface area contributed by atoms with Gasteiger partial charge in [-0.05, 0) is 19.1 Å². The van der Waals surface area contributed by atoms with Gasteiger partial charge in [0.1, 0.15) is 0 Å². The molecule has 1 rings (SSSR count). The van der Waals surface area contributed by atoms with Gasteiger partial charge in [-0.1, -0.05) is 6.08 Å². The third-order valence-corrected chi connectivity index (χ3v) is 3.71. The highest BCUT2D eigenvalue weighted by Gasteiger charge is 2.21. The molecule has 0 aliphatic rings. The maximum atomic E-state index is 11.8. The molecular weight excluding hydrogens is 260 g/mol. The molecule has 8 heteroatoms. The van der Waals surface area contributed by atoms with E-state index in [1.165, 1.54) is 6.08 Å². The molecule has 0 fully saturated rings. The van der Waals surface area contributed by atoms with E-state index in [1.54, 1.807) is 6.92 Å². The van der Waals surface area contributed by atoms with Crippen molar-refractivity contribution in [2.24, 2.45) is 0 Å². The van der Waals surface area contributed by atoms with Gasteiger partial charge in [-0.15, -0.1) is 6.58 Å². The van der Waals surface area contributed by atoms with Crippen molar-refractivity contribution in [1.82, 2.24) is 4.72 Å². The summed E-state index contributed by atoms with van der Waals surface area (Å²) in [5.74, 6) is -0.587. The van der Waals surface area contributed by atoms with Gasteiger partial charge in [-0.25, -0.2) is 13.1 Å². The highest BCUT2D eigenvalue weighted by molar-refractivity contribution is 7.89. The van der Waals surface area contributed by atoms with E-state index in [-0.39, 0.29) is 4.90 Å². The lowest BCUT2D eigenvalue weighted by Gasteiger charge is -2.10. The van der Waals surface area contributed by atoms with Crippen molar-refractivity contribution in [1.29, 1.82) is 0 Å². The quantitative estimate of drug-likeness (QED) is 0.474. The van der Waals surface area contributed by atoms with E-state index in [1.807, 2.05) is 0 Å². The van der Waals surface area contributed by atoms with Gasteiger partial charge < -0.3 is 5.11 Å². The molecule has 0 saturated heterocycles. The second-order valence-corrected chi connectivity index (χ2v) is 5.27. The maximum Gasteiger partial charge on any atom is 0.312 e. The molecule has 0 spiro atoms. The number of nitro benzene ring substituents is 1. The number of phenols is 1. The van der Waals surface area contributed by atoms with Gasteiger partial charge >= 0.3 is 5.69 Å². The van der Waals surface area contributed by atoms with Gasteiger partial charge in [0.25, 0.3) is 0 Å². The number of sulfonamides is 1. The number of nitrogens with zero attached hydrogens (tertiary/aromatic N) is 1. The van der Waals surface area contributed by atoms with Crippen molar-refractivity contribution in [2.45, 2.75) is 17.9 Å². The normalized spacial score (nSPS) is 12.9. The second-order valence-electron chi connectivity index (χ2n) is 3.55. The number of rotatable bonds is 5. The van der Waals surface area contributed by atoms with Crippen LogP contribution < -0.4 is 4.72 Å². The fourth-order valence-corrected chi connectivity index (χ4v) is 2.41. The molecule has 1 aromatic rings. The number of aromatic hydroxyl groups is 1. The third kappa shape index (κ3) is 3.05. The lowest BCUT2D eigenvalue weighted by atomic mass is 10.3. The molecule has 0 saturated carbocycles. The van der Waals surface area contributed by atoms with Crippen molar-refractivity contribution in [3.8, 4) is 5.75 Å². The van der Waals surface area contributed by atoms with Crippen LogP contribution in [0.5, 0.6) is 5.75 Å². The fourth-order valence-electron chi connectivity index (χ4n) is 1.18. The number of nitrogens with one attached hydrogen (secondary N) is 1. The molecule has 1 aromatic carbocycles. The molecule has 0 amide bonds. The van der Waals surface area contributed by atoms with E-state index < -0.39 is 32.4 Å². The Hall–Kier alpha value is -1.93. The molecule has 1 atom stereocenters. The lowest BCUT2D eigenvalue weighted by Crippen LogP contribution is -2.30. The molecule has 18 heavy (non-hydrogen) atoms. The molecule has 0 aliphatic carbocycles. The predicted molar refractivity (Wildman–Crippen MR) is 64.7 cm³/mol. The Bertz CT molecular complexity index is 582. The topological polar surface area (TPSA) is 110 Å². The molecule has 0 aromatic heterocycles. The van der Waals surface area contributed by atoms with Crippen molar-refractivity contribution in [2.75, 3.05) is 0 Å². The average Bonchev–Trinajstić information content (AvgIpc) is 2.28. The summed E-state index contributed by atoms with van der Waals surface area (Å²) in [5.41, 5.74) is -0.663. The van der Waals surface area contributed by atoms with E-state index in [4.69, 9.17) is 0 Å². The first-order valence-corrected chi connectivity index (χ1v) is 6.38. The van der Waals surface area contributed by atoms with E-state index in [9.17, 15) is 23.6 Å². The van der Waals surface area contributed by atoms with E-state index in [0.717, 1.165) is 18.2 Å². The first-order chi connectivity index (χ1) is 8.27. The molecule has 0 heterocycles. The smallest absolute Gasteiger partial charge is 0.312 e. The molecular formula is C10H12N2O5S. The van der Waals surface area contributed by atoms with Crippen molar-refractivity contribution in [3.63, 3.8) is 0 Å². The number of benzene rings is 1. The number of hydrogen-bond acceptors (Lipinski definition) is 5. The lowest BCUT2D eigenvalue weighted by molar-refractivity contribution is -0.386. The molecule has 2 N–H and O–H groups in total. The molecule has 98 valence electrons. The van der Waals surface area contributed by atoms with Crippen LogP contribution in [0, 0.1) is 10.1 Å². The minimum Gasteiger partial charge on any atom is -0.502 e. The van der Waals surface area contributed by atoms with Gasteiger partial charge in [-0.2, -0.15) is 0 Å². The molecule has 0 radical (unpaired) electrons. The summed E-state index contributed by atoms with van der Waals surface area (Å²) in [4.78, 5) is 9.45. The van der Waals surface area contributed by atoms with Gasteiger partial charge in [0, 0.05) is 12.1 Å². The zero-order valence-corrected chi connectivity index (χ0v) is 10.3. The van der Waals surface area contributed by atoms with Crippen LogP contribution >= 0.6 is 0 Å². The average molecular weight is 272 g/mol. The molecule has 0 bridgehead atoms. The van der Waals surface area contributed by atoms with Crippen LogP contribution in [0.25, 0.3) is 0 Å². The fraction of sp³-hybridized carbons (Fsp3) is 0.200. The second kappa shape index (κ2) is 5.15. The number of nitro groups is 1. The largest absolute Gasteiger partial charge is 0.502 e. The zero-order chi connectivity index (χ0) is 13.9. The standard InChI is InChI=1S/C10H12N2O5S/c1-3-7(2)11-18(16,17)8-4-5-10(13)9(6-8)12(14)15/h3-7,11,13H,1H2,2H3. The summed E-state index contributed by atoms with van der Waals surface area (Å²) in [6, 6.07) is 2.34. The van der Waals surface area contributed by atoms with Crippen LogP contribution in [0.3, 0.4) is 0 Å². The SMILES string of the molecule is C=CC(C)NS(=O)(=O)c1ccc(O)c([N+](=O)[O-])c1. The Morgan fingerprint density at radius 2 is 2.17 bits per heavy atom. The number of hydrogen-bond donors (Lipinski definition) is 2. The van der Waals surface area contributed by atoms with Crippen LogP contribution in [0.2, 0.25) is 0 Å². The number of phenolic OH excluding ortho intramolecular Hbond substituents is 1. The summed E-state index contributed by atoms with van der Waals surface area (Å²) < 4.78 is 25.9. The monoisotopic (exact) mass is 272 g/mol. The molecule has 7 nitrogen and oxygen atoms in total.